The number of hydrogen-bond donors (Lipinski definition) is 4. The third-order valence-corrected chi connectivity index (χ3v) is 3.04. The number of amides is 1. The molecule has 0 radical (unpaired) electrons. The van der Waals surface area contributed by atoms with Crippen LogP contribution in [0.3, 0.4) is 0 Å². The third-order valence-electron chi connectivity index (χ3n) is 3.04. The van der Waals surface area contributed by atoms with E-state index in [-0.39, 0.29) is 11.3 Å². The molecule has 0 saturated heterocycles. The van der Waals surface area contributed by atoms with Gasteiger partial charge in [0.25, 0.3) is 5.91 Å². The second-order valence-corrected chi connectivity index (χ2v) is 4.57. The van der Waals surface area contributed by atoms with E-state index in [2.05, 4.69) is 10.6 Å². The Morgan fingerprint density at radius 1 is 1.17 bits per heavy atom. The summed E-state index contributed by atoms with van der Waals surface area (Å²) in [6.45, 7) is -0.569. The zero-order chi connectivity index (χ0) is 16.8. The summed E-state index contributed by atoms with van der Waals surface area (Å²) in [7, 11) is 0. The first-order valence-corrected chi connectivity index (χ1v) is 6.60. The largest absolute Gasteiger partial charge is 0.507 e. The van der Waals surface area contributed by atoms with E-state index in [1.807, 2.05) is 0 Å². The number of anilines is 1. The van der Waals surface area contributed by atoms with Gasteiger partial charge in [0.05, 0.1) is 0 Å². The van der Waals surface area contributed by atoms with Gasteiger partial charge in [-0.25, -0.2) is 0 Å². The first-order valence-electron chi connectivity index (χ1n) is 6.60. The van der Waals surface area contributed by atoms with E-state index in [0.717, 1.165) is 0 Å². The van der Waals surface area contributed by atoms with Crippen LogP contribution in [0.4, 0.5) is 5.69 Å². The van der Waals surface area contributed by atoms with Crippen molar-refractivity contribution < 1.29 is 19.8 Å². The summed E-state index contributed by atoms with van der Waals surface area (Å²) in [5.74, 6) is -1.87. The maximum absolute atomic E-state index is 11.7. The molecule has 2 aromatic carbocycles. The third kappa shape index (κ3) is 3.77. The van der Waals surface area contributed by atoms with E-state index in [0.29, 0.717) is 16.5 Å². The van der Waals surface area contributed by atoms with E-state index in [1.54, 1.807) is 42.5 Å². The van der Waals surface area contributed by atoms with E-state index in [9.17, 15) is 14.7 Å². The minimum absolute atomic E-state index is 0.120. The Kier molecular flexibility index (Phi) is 4.79. The van der Waals surface area contributed by atoms with Crippen molar-refractivity contribution in [2.45, 2.75) is 0 Å². The van der Waals surface area contributed by atoms with Crippen LogP contribution in [0.25, 0.3) is 10.8 Å². The molecule has 7 nitrogen and oxygen atoms in total. The maximum atomic E-state index is 11.7. The Morgan fingerprint density at radius 2 is 1.87 bits per heavy atom. The Bertz CT molecular complexity index is 837. The second-order valence-electron chi connectivity index (χ2n) is 4.57. The Morgan fingerprint density at radius 3 is 2.57 bits per heavy atom. The Balaban J connectivity index is 2.24. The summed E-state index contributed by atoms with van der Waals surface area (Å²) in [5, 5.41) is 33.6. The van der Waals surface area contributed by atoms with Gasteiger partial charge in [-0.1, -0.05) is 24.3 Å². The molecule has 0 aliphatic heterocycles. The van der Waals surface area contributed by atoms with Crippen LogP contribution in [0.15, 0.2) is 48.2 Å². The summed E-state index contributed by atoms with van der Waals surface area (Å²) >= 11 is 0. The second kappa shape index (κ2) is 6.95. The van der Waals surface area contributed by atoms with Gasteiger partial charge >= 0.3 is 5.97 Å². The number of carboxylic acid groups (broad SMARTS) is 1. The van der Waals surface area contributed by atoms with Crippen molar-refractivity contribution in [1.82, 2.24) is 5.32 Å². The molecular weight excluding hydrogens is 298 g/mol. The van der Waals surface area contributed by atoms with Gasteiger partial charge in [0.1, 0.15) is 23.9 Å². The van der Waals surface area contributed by atoms with Crippen molar-refractivity contribution in [3.63, 3.8) is 0 Å². The first-order chi connectivity index (χ1) is 11.0. The number of rotatable bonds is 5. The number of hydrogen-bond acceptors (Lipinski definition) is 5. The number of aromatic hydroxyl groups is 1. The lowest BCUT2D eigenvalue weighted by Gasteiger charge is -2.08. The van der Waals surface area contributed by atoms with Gasteiger partial charge in [0.2, 0.25) is 0 Å². The van der Waals surface area contributed by atoms with E-state index in [1.165, 1.54) is 6.20 Å². The molecule has 0 atom stereocenters. The lowest BCUT2D eigenvalue weighted by atomic mass is 10.1. The van der Waals surface area contributed by atoms with Crippen molar-refractivity contribution in [1.29, 1.82) is 5.26 Å². The monoisotopic (exact) mass is 311 g/mol. The van der Waals surface area contributed by atoms with Crippen LogP contribution in [-0.4, -0.2) is 28.6 Å². The van der Waals surface area contributed by atoms with Crippen LogP contribution in [0.1, 0.15) is 0 Å². The molecule has 0 heterocycles. The summed E-state index contributed by atoms with van der Waals surface area (Å²) < 4.78 is 0. The fraction of sp³-hybridized carbons (Fsp3) is 0.0625. The fourth-order valence-corrected chi connectivity index (χ4v) is 1.97. The van der Waals surface area contributed by atoms with Crippen molar-refractivity contribution >= 4 is 28.3 Å². The molecule has 7 heteroatoms. The number of carbonyl (C=O) groups excluding carboxylic acids is 1. The minimum Gasteiger partial charge on any atom is -0.507 e. The molecule has 0 spiro atoms. The SMILES string of the molecule is N#C/C(=C/Nc1cccc2c(O)cccc12)C(=O)NCC(=O)O. The molecule has 0 aliphatic carbocycles. The minimum atomic E-state index is -1.20. The van der Waals surface area contributed by atoms with Crippen LogP contribution in [-0.2, 0) is 9.59 Å². The predicted molar refractivity (Wildman–Crippen MR) is 83.6 cm³/mol. The van der Waals surface area contributed by atoms with Crippen LogP contribution in [0.5, 0.6) is 5.75 Å². The normalized spacial score (nSPS) is 10.8. The number of carbonyl (C=O) groups is 2. The molecule has 0 bridgehead atoms. The molecule has 0 saturated carbocycles. The topological polar surface area (TPSA) is 122 Å². The number of carboxylic acids is 1. The van der Waals surface area contributed by atoms with Crippen molar-refractivity contribution in [3.8, 4) is 11.8 Å². The van der Waals surface area contributed by atoms with E-state index >= 15 is 0 Å². The first kappa shape index (κ1) is 15.9. The highest BCUT2D eigenvalue weighted by Gasteiger charge is 2.10. The summed E-state index contributed by atoms with van der Waals surface area (Å²) in [6, 6.07) is 11.9. The lowest BCUT2D eigenvalue weighted by molar-refractivity contribution is -0.137. The number of aliphatic carboxylic acids is 1. The van der Waals surface area contributed by atoms with Gasteiger partial charge in [0, 0.05) is 22.7 Å². The molecule has 2 aromatic rings. The van der Waals surface area contributed by atoms with Crippen LogP contribution in [0.2, 0.25) is 0 Å². The van der Waals surface area contributed by atoms with Crippen LogP contribution >= 0.6 is 0 Å². The zero-order valence-corrected chi connectivity index (χ0v) is 11.9. The molecule has 0 fully saturated rings. The molecule has 0 aromatic heterocycles. The number of nitrogens with one attached hydrogen (secondary N) is 2. The zero-order valence-electron chi connectivity index (χ0n) is 11.9. The highest BCUT2D eigenvalue weighted by Crippen LogP contribution is 2.29. The highest BCUT2D eigenvalue weighted by molar-refractivity contribution is 6.00. The highest BCUT2D eigenvalue weighted by atomic mass is 16.4. The van der Waals surface area contributed by atoms with Gasteiger partial charge in [-0.15, -0.1) is 0 Å². The molecule has 1 amide bonds. The van der Waals surface area contributed by atoms with Crippen LogP contribution < -0.4 is 10.6 Å². The van der Waals surface area contributed by atoms with Gasteiger partial charge in [-0.05, 0) is 12.1 Å². The van der Waals surface area contributed by atoms with Gasteiger partial charge in [-0.2, -0.15) is 5.26 Å². The summed E-state index contributed by atoms with van der Waals surface area (Å²) in [5.41, 5.74) is 0.334. The summed E-state index contributed by atoms with van der Waals surface area (Å²) in [6.07, 6.45) is 1.19. The van der Waals surface area contributed by atoms with Gasteiger partial charge in [0.15, 0.2) is 0 Å². The smallest absolute Gasteiger partial charge is 0.322 e. The maximum Gasteiger partial charge on any atom is 0.322 e. The molecule has 0 unspecified atom stereocenters. The van der Waals surface area contributed by atoms with E-state index in [4.69, 9.17) is 10.4 Å². The Hall–Kier alpha value is -3.53. The molecular formula is C16H13N3O4. The van der Waals surface area contributed by atoms with Crippen molar-refractivity contribution in [2.75, 3.05) is 11.9 Å². The quantitative estimate of drug-likeness (QED) is 0.491. The molecule has 23 heavy (non-hydrogen) atoms. The number of nitrogens with zero attached hydrogens (tertiary/aromatic N) is 1. The standard InChI is InChI=1S/C16H13N3O4/c17-7-10(16(23)19-9-15(21)22)8-18-13-5-1-4-12-11(13)3-2-6-14(12)20/h1-6,8,18,20H,9H2,(H,19,23)(H,21,22)/b10-8-. The number of phenols is 1. The number of nitriles is 1. The molecule has 2 rings (SSSR count). The van der Waals surface area contributed by atoms with E-state index < -0.39 is 18.4 Å². The summed E-state index contributed by atoms with van der Waals surface area (Å²) in [4.78, 5) is 22.1. The number of benzene rings is 2. The average molecular weight is 311 g/mol. The average Bonchev–Trinajstić information content (AvgIpc) is 2.54. The molecule has 0 aliphatic rings. The van der Waals surface area contributed by atoms with Gasteiger partial charge in [-0.3, -0.25) is 9.59 Å². The predicted octanol–water partition coefficient (Wildman–Crippen LogP) is 1.57. The fourth-order valence-electron chi connectivity index (χ4n) is 1.97. The van der Waals surface area contributed by atoms with Crippen molar-refractivity contribution in [3.05, 3.63) is 48.2 Å². The van der Waals surface area contributed by atoms with Crippen molar-refractivity contribution in [2.24, 2.45) is 0 Å². The van der Waals surface area contributed by atoms with Gasteiger partial charge < -0.3 is 20.8 Å². The molecule has 4 N–H and O–H groups in total. The number of fused-ring (bicyclic) bond motifs is 1. The Labute approximate surface area is 131 Å². The van der Waals surface area contributed by atoms with Crippen LogP contribution in [0, 0.1) is 11.3 Å². The molecule has 116 valence electrons. The lowest BCUT2D eigenvalue weighted by Crippen LogP contribution is -2.30. The number of phenolic OH excluding ortho intramolecular Hbond substituents is 1.